The van der Waals surface area contributed by atoms with Crippen molar-refractivity contribution in [3.63, 3.8) is 0 Å². The van der Waals surface area contributed by atoms with E-state index >= 15 is 0 Å². The van der Waals surface area contributed by atoms with E-state index in [1.54, 1.807) is 0 Å². The van der Waals surface area contributed by atoms with E-state index in [1.165, 1.54) is 16.2 Å². The Morgan fingerprint density at radius 1 is 1.08 bits per heavy atom. The van der Waals surface area contributed by atoms with E-state index in [-0.39, 0.29) is 11.8 Å². The van der Waals surface area contributed by atoms with Crippen LogP contribution in [0.15, 0.2) is 47.5 Å². The zero-order valence-corrected chi connectivity index (χ0v) is 15.1. The molecule has 0 atom stereocenters. The van der Waals surface area contributed by atoms with Gasteiger partial charge in [0.1, 0.15) is 11.4 Å². The number of para-hydroxylation sites is 2. The summed E-state index contributed by atoms with van der Waals surface area (Å²) in [7, 11) is 0. The maximum atomic E-state index is 12.8. The van der Waals surface area contributed by atoms with Crippen molar-refractivity contribution in [3.8, 4) is 5.75 Å². The average Bonchev–Trinajstić information content (AvgIpc) is 3.20. The summed E-state index contributed by atoms with van der Waals surface area (Å²) >= 11 is 1.45. The zero-order valence-electron chi connectivity index (χ0n) is 14.2. The number of ether oxygens (including phenoxy) is 1. The molecule has 1 N–H and O–H groups in total. The Morgan fingerprint density at radius 2 is 1.88 bits per heavy atom. The van der Waals surface area contributed by atoms with E-state index in [4.69, 9.17) is 4.74 Å². The van der Waals surface area contributed by atoms with Gasteiger partial charge in [-0.2, -0.15) is 0 Å². The Bertz CT molecular complexity index is 812. The molecule has 130 valence electrons. The summed E-state index contributed by atoms with van der Waals surface area (Å²) in [4.78, 5) is 27.7. The molecule has 0 saturated heterocycles. The minimum Gasteiger partial charge on any atom is -0.492 e. The SMILES string of the molecule is CCCN1C(=O)C(Nc2ccccc2OCC)=C(c2cccs2)C1=O. The third-order valence-electron chi connectivity index (χ3n) is 3.83. The average molecular weight is 356 g/mol. The quantitative estimate of drug-likeness (QED) is 0.768. The van der Waals surface area contributed by atoms with E-state index in [9.17, 15) is 9.59 Å². The van der Waals surface area contributed by atoms with Crippen LogP contribution in [0.5, 0.6) is 5.75 Å². The molecular formula is C19H20N2O3S. The van der Waals surface area contributed by atoms with Crippen LogP contribution in [0, 0.1) is 0 Å². The molecule has 2 amide bonds. The summed E-state index contributed by atoms with van der Waals surface area (Å²) in [5, 5.41) is 5.05. The first-order valence-corrected chi connectivity index (χ1v) is 9.18. The summed E-state index contributed by atoms with van der Waals surface area (Å²) in [6.45, 7) is 4.77. The maximum absolute atomic E-state index is 12.8. The van der Waals surface area contributed by atoms with Crippen molar-refractivity contribution in [2.75, 3.05) is 18.5 Å². The van der Waals surface area contributed by atoms with Crippen molar-refractivity contribution in [2.45, 2.75) is 20.3 Å². The third kappa shape index (κ3) is 3.30. The Balaban J connectivity index is 2.04. The fourth-order valence-corrected chi connectivity index (χ4v) is 3.52. The molecule has 25 heavy (non-hydrogen) atoms. The summed E-state index contributed by atoms with van der Waals surface area (Å²) in [6.07, 6.45) is 0.720. The van der Waals surface area contributed by atoms with Gasteiger partial charge in [0.2, 0.25) is 0 Å². The van der Waals surface area contributed by atoms with Crippen LogP contribution < -0.4 is 10.1 Å². The van der Waals surface area contributed by atoms with Gasteiger partial charge in [-0.25, -0.2) is 0 Å². The predicted molar refractivity (Wildman–Crippen MR) is 99.5 cm³/mol. The smallest absolute Gasteiger partial charge is 0.278 e. The predicted octanol–water partition coefficient (Wildman–Crippen LogP) is 3.75. The number of anilines is 1. The van der Waals surface area contributed by atoms with Crippen LogP contribution in [0.3, 0.4) is 0 Å². The molecule has 1 aliphatic heterocycles. The lowest BCUT2D eigenvalue weighted by molar-refractivity contribution is -0.136. The molecule has 0 radical (unpaired) electrons. The van der Waals surface area contributed by atoms with Crippen molar-refractivity contribution < 1.29 is 14.3 Å². The molecule has 1 aliphatic rings. The van der Waals surface area contributed by atoms with Crippen LogP contribution in [0.4, 0.5) is 5.69 Å². The van der Waals surface area contributed by atoms with Crippen molar-refractivity contribution in [3.05, 3.63) is 52.4 Å². The van der Waals surface area contributed by atoms with Crippen LogP contribution in [-0.4, -0.2) is 29.9 Å². The third-order valence-corrected chi connectivity index (χ3v) is 4.72. The molecule has 1 aromatic heterocycles. The van der Waals surface area contributed by atoms with Gasteiger partial charge in [0.15, 0.2) is 0 Å². The van der Waals surface area contributed by atoms with E-state index in [2.05, 4.69) is 5.32 Å². The highest BCUT2D eigenvalue weighted by Gasteiger charge is 2.39. The maximum Gasteiger partial charge on any atom is 0.278 e. The van der Waals surface area contributed by atoms with Crippen LogP contribution in [0.2, 0.25) is 0 Å². The second-order valence-electron chi connectivity index (χ2n) is 5.54. The van der Waals surface area contributed by atoms with Gasteiger partial charge in [-0.15, -0.1) is 11.3 Å². The van der Waals surface area contributed by atoms with E-state index < -0.39 is 0 Å². The number of hydrogen-bond acceptors (Lipinski definition) is 5. The second-order valence-corrected chi connectivity index (χ2v) is 6.49. The van der Waals surface area contributed by atoms with Crippen LogP contribution in [-0.2, 0) is 9.59 Å². The molecule has 6 heteroatoms. The minimum absolute atomic E-state index is 0.245. The fourth-order valence-electron chi connectivity index (χ4n) is 2.75. The molecule has 2 heterocycles. The Hall–Kier alpha value is -2.60. The molecule has 0 aliphatic carbocycles. The van der Waals surface area contributed by atoms with Crippen molar-refractivity contribution in [2.24, 2.45) is 0 Å². The molecule has 0 saturated carbocycles. The topological polar surface area (TPSA) is 58.6 Å². The number of benzene rings is 1. The number of carbonyl (C=O) groups is 2. The molecule has 2 aromatic rings. The zero-order chi connectivity index (χ0) is 17.8. The van der Waals surface area contributed by atoms with Gasteiger partial charge in [-0.05, 0) is 36.9 Å². The van der Waals surface area contributed by atoms with Gasteiger partial charge >= 0.3 is 0 Å². The minimum atomic E-state index is -0.290. The lowest BCUT2D eigenvalue weighted by atomic mass is 10.2. The van der Waals surface area contributed by atoms with Crippen molar-refractivity contribution in [1.82, 2.24) is 4.90 Å². The van der Waals surface area contributed by atoms with Gasteiger partial charge in [0, 0.05) is 11.4 Å². The fraction of sp³-hybridized carbons (Fsp3) is 0.263. The van der Waals surface area contributed by atoms with Gasteiger partial charge in [0.25, 0.3) is 11.8 Å². The molecule has 3 rings (SSSR count). The first kappa shape index (κ1) is 17.2. The number of rotatable bonds is 7. The van der Waals surface area contributed by atoms with Gasteiger partial charge in [-0.1, -0.05) is 25.1 Å². The molecule has 0 fully saturated rings. The summed E-state index contributed by atoms with van der Waals surface area (Å²) < 4.78 is 5.62. The van der Waals surface area contributed by atoms with E-state index in [0.29, 0.717) is 35.9 Å². The summed E-state index contributed by atoms with van der Waals surface area (Å²) in [5.74, 6) is 0.115. The van der Waals surface area contributed by atoms with Crippen molar-refractivity contribution in [1.29, 1.82) is 0 Å². The summed E-state index contributed by atoms with van der Waals surface area (Å²) in [5.41, 5.74) is 1.42. The summed E-state index contributed by atoms with van der Waals surface area (Å²) in [6, 6.07) is 11.1. The number of nitrogens with zero attached hydrogens (tertiary/aromatic N) is 1. The van der Waals surface area contributed by atoms with Crippen LogP contribution >= 0.6 is 11.3 Å². The number of hydrogen-bond donors (Lipinski definition) is 1. The molecule has 0 bridgehead atoms. The molecular weight excluding hydrogens is 336 g/mol. The lowest BCUT2D eigenvalue weighted by Gasteiger charge is -2.15. The normalized spacial score (nSPS) is 14.4. The number of nitrogens with one attached hydrogen (secondary N) is 1. The highest BCUT2D eigenvalue weighted by Crippen LogP contribution is 2.34. The highest BCUT2D eigenvalue weighted by atomic mass is 32.1. The van der Waals surface area contributed by atoms with Crippen LogP contribution in [0.1, 0.15) is 25.1 Å². The highest BCUT2D eigenvalue weighted by molar-refractivity contribution is 7.11. The second kappa shape index (κ2) is 7.53. The first-order chi connectivity index (χ1) is 12.2. The molecule has 5 nitrogen and oxygen atoms in total. The van der Waals surface area contributed by atoms with Gasteiger partial charge in [0.05, 0.1) is 17.9 Å². The van der Waals surface area contributed by atoms with Gasteiger partial charge < -0.3 is 10.1 Å². The standard InChI is InChI=1S/C19H20N2O3S/c1-3-11-21-18(22)16(15-10-7-12-25-15)17(19(21)23)20-13-8-5-6-9-14(13)24-4-2/h5-10,12,20H,3-4,11H2,1-2H3. The lowest BCUT2D eigenvalue weighted by Crippen LogP contribution is -2.33. The largest absolute Gasteiger partial charge is 0.492 e. The van der Waals surface area contributed by atoms with Crippen molar-refractivity contribution >= 4 is 34.4 Å². The van der Waals surface area contributed by atoms with Gasteiger partial charge in [-0.3, -0.25) is 14.5 Å². The monoisotopic (exact) mass is 356 g/mol. The Kier molecular flexibility index (Phi) is 5.19. The first-order valence-electron chi connectivity index (χ1n) is 8.30. The number of amides is 2. The van der Waals surface area contributed by atoms with E-state index in [1.807, 2.05) is 55.6 Å². The molecule has 1 aromatic carbocycles. The number of imide groups is 1. The number of thiophene rings is 1. The Morgan fingerprint density at radius 3 is 2.56 bits per heavy atom. The molecule has 0 unspecified atom stereocenters. The van der Waals surface area contributed by atoms with Crippen LogP contribution in [0.25, 0.3) is 5.57 Å². The molecule has 0 spiro atoms. The number of carbonyl (C=O) groups excluding carboxylic acids is 2. The Labute approximate surface area is 150 Å². The van der Waals surface area contributed by atoms with E-state index in [0.717, 1.165) is 11.3 Å².